The summed E-state index contributed by atoms with van der Waals surface area (Å²) < 4.78 is 658. The summed E-state index contributed by atoms with van der Waals surface area (Å²) in [4.78, 5) is 0. The normalized spacial score (nSPS) is 16.4. The van der Waals surface area contributed by atoms with Gasteiger partial charge in [-0.1, -0.05) is 12.2 Å². The molecule has 0 heterocycles. The predicted octanol–water partition coefficient (Wildman–Crippen LogP) is 13.6. The summed E-state index contributed by atoms with van der Waals surface area (Å²) in [6, 6.07) is -1.29. The zero-order valence-corrected chi connectivity index (χ0v) is 49.0. The van der Waals surface area contributed by atoms with E-state index in [2.05, 4.69) is 27.4 Å². The molecule has 1 unspecified atom stereocenters. The van der Waals surface area contributed by atoms with Crippen LogP contribution in [0.1, 0.15) is 20.8 Å². The summed E-state index contributed by atoms with van der Waals surface area (Å²) in [5.74, 6) is -46.0. The van der Waals surface area contributed by atoms with Gasteiger partial charge in [-0.25, -0.2) is 28.4 Å². The number of ether oxygens (including phenoxy) is 10. The van der Waals surface area contributed by atoms with Gasteiger partial charge in [-0.05, 0) is 20.8 Å². The third kappa shape index (κ3) is 18.9. The Morgan fingerprint density at radius 3 is 0.616 bits per heavy atom. The molecule has 0 aromatic rings. The minimum Gasteiger partial charge on any atom is -0.390 e. The first-order valence-electron chi connectivity index (χ1n) is 24.8. The van der Waals surface area contributed by atoms with E-state index in [-0.39, 0.29) is 12.2 Å². The first-order chi connectivity index (χ1) is 43.6. The minimum atomic E-state index is -11.3. The molecular formula is C42H44F40O16Si. The van der Waals surface area contributed by atoms with E-state index < -0.39 is 226 Å². The van der Waals surface area contributed by atoms with Crippen LogP contribution in [0.25, 0.3) is 0 Å². The molecule has 0 saturated heterocycles. The molecule has 0 aliphatic rings. The van der Waals surface area contributed by atoms with E-state index in [0.717, 1.165) is 39.7 Å². The van der Waals surface area contributed by atoms with E-state index in [0.29, 0.717) is 0 Å². The first kappa shape index (κ1) is 95.3. The van der Waals surface area contributed by atoms with Gasteiger partial charge in [0.1, 0.15) is 39.6 Å². The summed E-state index contributed by atoms with van der Waals surface area (Å²) >= 11 is 0. The van der Waals surface area contributed by atoms with Crippen LogP contribution in [-0.2, 0) is 60.6 Å². The Balaban J connectivity index is 10.9. The van der Waals surface area contributed by atoms with Crippen molar-refractivity contribution in [1.82, 2.24) is 0 Å². The molecule has 0 amide bonds. The van der Waals surface area contributed by atoms with E-state index in [1.807, 2.05) is 0 Å². The number of rotatable bonds is 50. The lowest BCUT2D eigenvalue weighted by molar-refractivity contribution is -0.647. The van der Waals surface area contributed by atoms with Crippen molar-refractivity contribution in [1.29, 1.82) is 0 Å². The van der Waals surface area contributed by atoms with Crippen LogP contribution in [0.15, 0.2) is 25.3 Å². The molecule has 0 aliphatic carbocycles. The number of halogens is 40. The summed E-state index contributed by atoms with van der Waals surface area (Å²) in [7, 11) is -4.51. The molecule has 0 aliphatic heterocycles. The Hall–Kier alpha value is -3.74. The fraction of sp³-hybridized carbons (Fsp3) is 0.905. The molecule has 0 radical (unpaired) electrons. The van der Waals surface area contributed by atoms with Gasteiger partial charge >= 0.3 is 141 Å². The van der Waals surface area contributed by atoms with Gasteiger partial charge in [-0.2, -0.15) is 176 Å². The van der Waals surface area contributed by atoms with Crippen molar-refractivity contribution in [3.63, 3.8) is 0 Å². The van der Waals surface area contributed by atoms with Crippen molar-refractivity contribution in [2.45, 2.75) is 148 Å². The average molecular weight is 1590 g/mol. The zero-order valence-electron chi connectivity index (χ0n) is 48.0. The van der Waals surface area contributed by atoms with E-state index in [1.54, 1.807) is 0 Å². The lowest BCUT2D eigenvalue weighted by Gasteiger charge is -2.54. The van der Waals surface area contributed by atoms with Gasteiger partial charge < -0.3 is 42.8 Å². The molecule has 1 atom stereocenters. The van der Waals surface area contributed by atoms with Crippen LogP contribution < -0.4 is 0 Å². The molecule has 0 fully saturated rings. The molecule has 0 aromatic carbocycles. The molecule has 0 spiro atoms. The van der Waals surface area contributed by atoms with Gasteiger partial charge in [-0.15, -0.1) is 13.2 Å². The Morgan fingerprint density at radius 1 is 0.273 bits per heavy atom. The van der Waals surface area contributed by atoms with Gasteiger partial charge in [-0.3, -0.25) is 4.74 Å². The van der Waals surface area contributed by atoms with Crippen molar-refractivity contribution in [3.05, 3.63) is 25.3 Å². The molecule has 3 N–H and O–H groups in total. The number of hydrogen-bond acceptors (Lipinski definition) is 16. The van der Waals surface area contributed by atoms with Crippen LogP contribution >= 0.6 is 0 Å². The minimum absolute atomic E-state index is 0.00119. The smallest absolute Gasteiger partial charge is 0.390 e. The second-order valence-corrected chi connectivity index (χ2v) is 21.3. The maximum absolute atomic E-state index is 17.2. The summed E-state index contributed by atoms with van der Waals surface area (Å²) in [6.07, 6.45) is -139. The Bertz CT molecular complexity index is 2530. The monoisotopic (exact) mass is 1590 g/mol. The zero-order chi connectivity index (χ0) is 79.3. The second-order valence-electron chi connectivity index (χ2n) is 18.5. The number of aliphatic hydroxyl groups is 3. The SMILES string of the molecule is C=CCOCC(F)(F)C(F)(F)OC(F)(F)C(C(F)(F)OC(F)(F)C(F)(F)CO)(C(F)(F)OC(F)(F)C(F)(F)CO)C(F)(F)OC(F)(F)C(C(F)(F)OC(F)(F)C(F)(F)CO)(C(F)(F)OC(F)(F)C(F)(F)COCC=C)C(F)(F)OC(F)(F)C(F)(F)COCC[Si](OCC)(OCC)OCC. The molecule has 0 rings (SSSR count). The summed E-state index contributed by atoms with van der Waals surface area (Å²) in [6.45, 7) is -23.5. The molecule has 99 heavy (non-hydrogen) atoms. The van der Waals surface area contributed by atoms with Crippen molar-refractivity contribution in [2.75, 3.05) is 79.3 Å². The lowest BCUT2D eigenvalue weighted by atomic mass is 9.78. The first-order valence-corrected chi connectivity index (χ1v) is 26.7. The van der Waals surface area contributed by atoms with Gasteiger partial charge in [0, 0.05) is 25.9 Å². The van der Waals surface area contributed by atoms with Crippen LogP contribution in [0.2, 0.25) is 6.04 Å². The fourth-order valence-corrected chi connectivity index (χ4v) is 9.08. The topological polar surface area (TPSA) is 181 Å². The van der Waals surface area contributed by atoms with Crippen LogP contribution in [0.4, 0.5) is 176 Å². The second kappa shape index (κ2) is 31.1. The van der Waals surface area contributed by atoms with Crippen molar-refractivity contribution >= 4 is 8.80 Å². The highest BCUT2D eigenvalue weighted by Crippen LogP contribution is 2.75. The number of alkyl halides is 40. The largest absolute Gasteiger partial charge is 0.503 e. The van der Waals surface area contributed by atoms with Gasteiger partial charge in [0.25, 0.3) is 0 Å². The standard InChI is InChI=1S/C42H44F40O16Si/c1-6-11-86-18-24(49,50)32(61,62)95-38(73,74)27(35(67,68)92-29(55,56)21(43,44)15-83,36(69,70)93-30(57,58)22(45,46)16-84)41(79,80)98-42(81,82)28(37(71,72)94-31(59,60)23(47,48)17-85,39(75,76)96-33(63,64)25(51,52)19-87-12-7-2)40(77,78)97-34(65,66)26(53,54)20-88-13-14-99(89-8-3,90-9-4)91-10-5/h6-7,83-85H,1-2,8-20H2,3-5H3. The Morgan fingerprint density at radius 2 is 0.444 bits per heavy atom. The van der Waals surface area contributed by atoms with Gasteiger partial charge in [0.05, 0.1) is 19.8 Å². The van der Waals surface area contributed by atoms with E-state index >= 15 is 105 Å². The molecule has 0 saturated carbocycles. The highest BCUT2D eigenvalue weighted by atomic mass is 28.4. The van der Waals surface area contributed by atoms with E-state index in [9.17, 15) is 70.2 Å². The molecular weight excluding hydrogens is 1550 g/mol. The molecule has 592 valence electrons. The van der Waals surface area contributed by atoms with Crippen LogP contribution in [-0.4, -0.2) is 224 Å². The molecule has 16 nitrogen and oxygen atoms in total. The highest BCUT2D eigenvalue weighted by molar-refractivity contribution is 6.60. The number of hydrogen-bond donors (Lipinski definition) is 3. The van der Waals surface area contributed by atoms with Crippen LogP contribution in [0.3, 0.4) is 0 Å². The predicted molar refractivity (Wildman–Crippen MR) is 231 cm³/mol. The summed E-state index contributed by atoms with van der Waals surface area (Å²) in [5.41, 5.74) is -22.7. The van der Waals surface area contributed by atoms with E-state index in [1.165, 1.54) is 14.2 Å². The maximum atomic E-state index is 17.2. The molecule has 0 bridgehead atoms. The van der Waals surface area contributed by atoms with E-state index in [4.69, 9.17) is 28.6 Å². The van der Waals surface area contributed by atoms with Crippen LogP contribution in [0, 0.1) is 10.8 Å². The maximum Gasteiger partial charge on any atom is 0.503 e. The third-order valence-corrected chi connectivity index (χ3v) is 14.4. The molecule has 57 heteroatoms. The number of aliphatic hydroxyl groups excluding tert-OH is 3. The van der Waals surface area contributed by atoms with Crippen molar-refractivity contribution in [3.8, 4) is 0 Å². The van der Waals surface area contributed by atoms with Gasteiger partial charge in [0.15, 0.2) is 0 Å². The Labute approximate surface area is 524 Å². The third-order valence-electron chi connectivity index (χ3n) is 11.4. The lowest BCUT2D eigenvalue weighted by Crippen LogP contribution is -2.81. The fourth-order valence-electron chi connectivity index (χ4n) is 6.69. The van der Waals surface area contributed by atoms with Crippen molar-refractivity contribution in [2.24, 2.45) is 10.8 Å². The highest BCUT2D eigenvalue weighted by Gasteiger charge is 3.03. The average Bonchev–Trinajstić information content (AvgIpc) is 0.669. The van der Waals surface area contributed by atoms with Gasteiger partial charge in [0.2, 0.25) is 0 Å². The summed E-state index contributed by atoms with van der Waals surface area (Å²) in [5, 5.41) is 25.6. The van der Waals surface area contributed by atoms with Crippen molar-refractivity contribution < 1.29 is 252 Å². The molecule has 0 aromatic heterocycles. The van der Waals surface area contributed by atoms with Crippen LogP contribution in [0.5, 0.6) is 0 Å². The quantitative estimate of drug-likeness (QED) is 0.0226. The Kier molecular flexibility index (Phi) is 30.0.